The molecule has 9 heteroatoms. The average molecular weight is 488 g/mol. The summed E-state index contributed by atoms with van der Waals surface area (Å²) >= 11 is 5.99. The van der Waals surface area contributed by atoms with Gasteiger partial charge in [0.2, 0.25) is 15.9 Å². The van der Waals surface area contributed by atoms with Crippen molar-refractivity contribution in [3.05, 3.63) is 71.0 Å². The monoisotopic (exact) mass is 487 g/mol. The zero-order valence-electron chi connectivity index (χ0n) is 17.7. The maximum Gasteiger partial charge on any atom is 0.245 e. The summed E-state index contributed by atoms with van der Waals surface area (Å²) in [7, 11) is -3.94. The van der Waals surface area contributed by atoms with Gasteiger partial charge >= 0.3 is 0 Å². The zero-order valence-corrected chi connectivity index (χ0v) is 19.3. The third kappa shape index (κ3) is 4.36. The Hall–Kier alpha value is -2.52. The minimum Gasteiger partial charge on any atom is -0.310 e. The van der Waals surface area contributed by atoms with Gasteiger partial charge in [-0.3, -0.25) is 4.79 Å². The molecule has 5 rings (SSSR count). The molecule has 2 saturated heterocycles. The second-order valence-electron chi connectivity index (χ2n) is 8.47. The molecule has 33 heavy (non-hydrogen) atoms. The van der Waals surface area contributed by atoms with Crippen LogP contribution in [0.1, 0.15) is 30.9 Å². The summed E-state index contributed by atoms with van der Waals surface area (Å²) in [5, 5.41) is 5.43. The fourth-order valence-corrected chi connectivity index (χ4v) is 6.01. The lowest BCUT2D eigenvalue weighted by Gasteiger charge is -2.20. The fraction of sp³-hybridized carbons (Fsp3) is 0.292. The molecule has 2 aliphatic heterocycles. The molecule has 3 aromatic carbocycles. The zero-order chi connectivity index (χ0) is 23.2. The molecule has 1 unspecified atom stereocenters. The Morgan fingerprint density at radius 2 is 1.82 bits per heavy atom. The predicted molar refractivity (Wildman–Crippen MR) is 126 cm³/mol. The smallest absolute Gasteiger partial charge is 0.245 e. The number of carbonyl (C=O) groups is 1. The van der Waals surface area contributed by atoms with Gasteiger partial charge in [-0.05, 0) is 78.5 Å². The molecule has 3 aromatic rings. The molecule has 0 saturated carbocycles. The van der Waals surface area contributed by atoms with Crippen LogP contribution in [0.3, 0.4) is 0 Å². The maximum atomic E-state index is 14.9. The highest BCUT2D eigenvalue weighted by Crippen LogP contribution is 2.30. The van der Waals surface area contributed by atoms with Crippen molar-refractivity contribution in [1.82, 2.24) is 10.0 Å². The third-order valence-electron chi connectivity index (χ3n) is 6.31. The van der Waals surface area contributed by atoms with E-state index in [9.17, 15) is 17.6 Å². The largest absolute Gasteiger partial charge is 0.310 e. The van der Waals surface area contributed by atoms with Crippen molar-refractivity contribution in [2.45, 2.75) is 36.2 Å². The molecule has 1 amide bonds. The van der Waals surface area contributed by atoms with Crippen molar-refractivity contribution >= 4 is 44.0 Å². The molecule has 2 heterocycles. The van der Waals surface area contributed by atoms with E-state index in [0.29, 0.717) is 5.02 Å². The van der Waals surface area contributed by atoms with Gasteiger partial charge in [0.25, 0.3) is 0 Å². The number of hydrogen-bond acceptors (Lipinski definition) is 4. The molecule has 2 atom stereocenters. The Morgan fingerprint density at radius 1 is 1.03 bits per heavy atom. The van der Waals surface area contributed by atoms with Crippen LogP contribution in [-0.4, -0.2) is 33.5 Å². The quantitative estimate of drug-likeness (QED) is 0.567. The standard InChI is InChI=1S/C24H23ClFN3O3S/c25-18-6-3-16-13-19(7-4-15(16)12-18)33(31,32)28-22-9-11-29(24(22)30)23-8-5-17(14-20(23)26)21-2-1-10-27-21/h3-8,12-14,21-22,27-28H,1-2,9-11H2/t21?,22-/m0/s1. The molecule has 0 radical (unpaired) electrons. The van der Waals surface area contributed by atoms with E-state index < -0.39 is 27.8 Å². The Bertz CT molecular complexity index is 1340. The van der Waals surface area contributed by atoms with E-state index in [1.807, 2.05) is 6.07 Å². The molecule has 2 aliphatic rings. The minimum absolute atomic E-state index is 0.0585. The lowest BCUT2D eigenvalue weighted by molar-refractivity contribution is -0.118. The van der Waals surface area contributed by atoms with Crippen LogP contribution in [0.2, 0.25) is 5.02 Å². The lowest BCUT2D eigenvalue weighted by atomic mass is 10.0. The van der Waals surface area contributed by atoms with Gasteiger partial charge in [0, 0.05) is 17.6 Å². The van der Waals surface area contributed by atoms with Gasteiger partial charge in [0.15, 0.2) is 0 Å². The first-order valence-electron chi connectivity index (χ1n) is 10.9. The van der Waals surface area contributed by atoms with Crippen LogP contribution in [0.25, 0.3) is 10.8 Å². The van der Waals surface area contributed by atoms with E-state index in [1.165, 1.54) is 17.0 Å². The number of carbonyl (C=O) groups excluding carboxylic acids is 1. The molecular weight excluding hydrogens is 465 g/mol. The number of anilines is 1. The van der Waals surface area contributed by atoms with E-state index in [1.54, 1.807) is 36.4 Å². The number of amides is 1. The molecule has 0 aromatic heterocycles. The first-order valence-corrected chi connectivity index (χ1v) is 12.7. The molecule has 172 valence electrons. The predicted octanol–water partition coefficient (Wildman–Crippen LogP) is 4.14. The normalized spacial score (nSPS) is 21.3. The summed E-state index contributed by atoms with van der Waals surface area (Å²) in [6.07, 6.45) is 2.26. The van der Waals surface area contributed by atoms with E-state index in [4.69, 9.17) is 11.6 Å². The number of rotatable bonds is 5. The SMILES string of the molecule is O=C1[C@@H](NS(=O)(=O)c2ccc3cc(Cl)ccc3c2)CCN1c1ccc(C2CCCN2)cc1F. The summed E-state index contributed by atoms with van der Waals surface area (Å²) in [4.78, 5) is 14.3. The first kappa shape index (κ1) is 22.3. The van der Waals surface area contributed by atoms with Gasteiger partial charge in [-0.25, -0.2) is 12.8 Å². The number of sulfonamides is 1. The Kier molecular flexibility index (Phi) is 5.86. The highest BCUT2D eigenvalue weighted by atomic mass is 35.5. The molecule has 6 nitrogen and oxygen atoms in total. The summed E-state index contributed by atoms with van der Waals surface area (Å²) in [5.74, 6) is -0.942. The number of hydrogen-bond donors (Lipinski definition) is 2. The Balaban J connectivity index is 1.33. The molecule has 0 bridgehead atoms. The fourth-order valence-electron chi connectivity index (χ4n) is 4.57. The first-order chi connectivity index (χ1) is 15.8. The molecular formula is C24H23ClFN3O3S. The second kappa shape index (κ2) is 8.68. The highest BCUT2D eigenvalue weighted by molar-refractivity contribution is 7.89. The van der Waals surface area contributed by atoms with Crippen molar-refractivity contribution in [3.63, 3.8) is 0 Å². The van der Waals surface area contributed by atoms with Crippen LogP contribution in [0.5, 0.6) is 0 Å². The third-order valence-corrected chi connectivity index (χ3v) is 8.02. The Morgan fingerprint density at radius 3 is 2.58 bits per heavy atom. The number of nitrogens with zero attached hydrogens (tertiary/aromatic N) is 1. The van der Waals surface area contributed by atoms with E-state index >= 15 is 0 Å². The topological polar surface area (TPSA) is 78.5 Å². The van der Waals surface area contributed by atoms with Crippen LogP contribution >= 0.6 is 11.6 Å². The van der Waals surface area contributed by atoms with Gasteiger partial charge in [0.05, 0.1) is 10.6 Å². The van der Waals surface area contributed by atoms with Gasteiger partial charge in [-0.2, -0.15) is 4.72 Å². The second-order valence-corrected chi connectivity index (χ2v) is 10.6. The highest BCUT2D eigenvalue weighted by Gasteiger charge is 2.37. The van der Waals surface area contributed by atoms with Crippen molar-refractivity contribution < 1.29 is 17.6 Å². The number of halogens is 2. The molecule has 0 spiro atoms. The molecule has 0 aliphatic carbocycles. The van der Waals surface area contributed by atoms with Gasteiger partial charge < -0.3 is 10.2 Å². The summed E-state index contributed by atoms with van der Waals surface area (Å²) < 4.78 is 43.3. The maximum absolute atomic E-state index is 14.9. The molecule has 2 N–H and O–H groups in total. The summed E-state index contributed by atoms with van der Waals surface area (Å²) in [6.45, 7) is 1.14. The van der Waals surface area contributed by atoms with Crippen LogP contribution in [0.15, 0.2) is 59.5 Å². The van der Waals surface area contributed by atoms with Crippen LogP contribution < -0.4 is 14.9 Å². The van der Waals surface area contributed by atoms with E-state index in [2.05, 4.69) is 10.0 Å². The minimum atomic E-state index is -3.94. The number of fused-ring (bicyclic) bond motifs is 1. The van der Waals surface area contributed by atoms with Crippen molar-refractivity contribution in [3.8, 4) is 0 Å². The van der Waals surface area contributed by atoms with Gasteiger partial charge in [-0.15, -0.1) is 0 Å². The average Bonchev–Trinajstić information content (AvgIpc) is 3.44. The van der Waals surface area contributed by atoms with Crippen molar-refractivity contribution in [1.29, 1.82) is 0 Å². The van der Waals surface area contributed by atoms with Gasteiger partial charge in [-0.1, -0.05) is 29.8 Å². The Labute approximate surface area is 196 Å². The lowest BCUT2D eigenvalue weighted by Crippen LogP contribution is -2.41. The van der Waals surface area contributed by atoms with Crippen LogP contribution in [-0.2, 0) is 14.8 Å². The number of nitrogens with one attached hydrogen (secondary N) is 2. The van der Waals surface area contributed by atoms with Gasteiger partial charge in [0.1, 0.15) is 11.9 Å². The van der Waals surface area contributed by atoms with E-state index in [-0.39, 0.29) is 29.6 Å². The van der Waals surface area contributed by atoms with Crippen LogP contribution in [0, 0.1) is 5.82 Å². The molecule has 2 fully saturated rings. The van der Waals surface area contributed by atoms with Crippen LogP contribution in [0.4, 0.5) is 10.1 Å². The summed E-state index contributed by atoms with van der Waals surface area (Å²) in [6, 6.07) is 13.9. The summed E-state index contributed by atoms with van der Waals surface area (Å²) in [5.41, 5.74) is 1.03. The number of benzene rings is 3. The van der Waals surface area contributed by atoms with Crippen molar-refractivity contribution in [2.24, 2.45) is 0 Å². The van der Waals surface area contributed by atoms with E-state index in [0.717, 1.165) is 35.7 Å². The van der Waals surface area contributed by atoms with Crippen molar-refractivity contribution in [2.75, 3.05) is 18.0 Å².